The molecule has 1 rings (SSSR count). The molecule has 0 unspecified atom stereocenters. The normalized spacial score (nSPS) is 9.14. The smallest absolute Gasteiger partial charge is 0.156 e. The van der Waals surface area contributed by atoms with Crippen LogP contribution in [0.5, 0.6) is 0 Å². The van der Waals surface area contributed by atoms with Crippen LogP contribution in [-0.4, -0.2) is 6.29 Å². The third-order valence-electron chi connectivity index (χ3n) is 1.57. The quantitative estimate of drug-likeness (QED) is 0.430. The summed E-state index contributed by atoms with van der Waals surface area (Å²) in [5.74, 6) is 3.09. The molecule has 0 aliphatic carbocycles. The van der Waals surface area contributed by atoms with Crippen LogP contribution in [0.25, 0.3) is 0 Å². The summed E-state index contributed by atoms with van der Waals surface area (Å²) in [6, 6.07) is 1.20. The highest BCUT2D eigenvalue weighted by Crippen LogP contribution is 2.23. The van der Waals surface area contributed by atoms with Gasteiger partial charge in [-0.3, -0.25) is 4.79 Å². The lowest BCUT2D eigenvalue weighted by atomic mass is 10.1. The summed E-state index contributed by atoms with van der Waals surface area (Å²) < 4.78 is 26.4. The van der Waals surface area contributed by atoms with Crippen LogP contribution in [0.15, 0.2) is 10.5 Å². The van der Waals surface area contributed by atoms with Crippen molar-refractivity contribution in [2.24, 2.45) is 0 Å². The second-order valence-corrected chi connectivity index (χ2v) is 3.29. The van der Waals surface area contributed by atoms with Crippen molar-refractivity contribution in [3.63, 3.8) is 0 Å². The minimum absolute atomic E-state index is 0.00266. The number of carbonyl (C=O) groups excluding carboxylic acids is 1. The molecule has 4 heteroatoms. The molecule has 0 bridgehead atoms. The van der Waals surface area contributed by atoms with Gasteiger partial charge >= 0.3 is 0 Å². The van der Waals surface area contributed by atoms with E-state index < -0.39 is 17.2 Å². The molecule has 1 aromatic rings. The molecule has 0 heterocycles. The molecule has 72 valence electrons. The molecule has 0 saturated carbocycles. The number of hydrogen-bond acceptors (Lipinski definition) is 1. The van der Waals surface area contributed by atoms with Crippen molar-refractivity contribution in [1.82, 2.24) is 0 Å². The SMILES string of the molecule is CC#Cc1cc(Br)c(F)c(C=O)c1F. The van der Waals surface area contributed by atoms with E-state index in [-0.39, 0.29) is 16.3 Å². The highest BCUT2D eigenvalue weighted by molar-refractivity contribution is 9.10. The highest BCUT2D eigenvalue weighted by Gasteiger charge is 2.15. The molecule has 14 heavy (non-hydrogen) atoms. The van der Waals surface area contributed by atoms with E-state index >= 15 is 0 Å². The van der Waals surface area contributed by atoms with Crippen LogP contribution >= 0.6 is 15.9 Å². The lowest BCUT2D eigenvalue weighted by molar-refractivity contribution is 0.111. The average Bonchev–Trinajstić information content (AvgIpc) is 2.16. The first-order valence-corrected chi connectivity index (χ1v) is 4.46. The molecule has 0 radical (unpaired) electrons. The van der Waals surface area contributed by atoms with Crippen molar-refractivity contribution in [2.75, 3.05) is 0 Å². The highest BCUT2D eigenvalue weighted by atomic mass is 79.9. The Morgan fingerprint density at radius 3 is 2.57 bits per heavy atom. The molecular formula is C10H5BrF2O. The molecular weight excluding hydrogens is 254 g/mol. The van der Waals surface area contributed by atoms with E-state index in [1.165, 1.54) is 13.0 Å². The standard InChI is InChI=1S/C10H5BrF2O/c1-2-3-6-4-8(11)10(13)7(5-14)9(6)12/h4-5H,1H3. The van der Waals surface area contributed by atoms with Crippen molar-refractivity contribution < 1.29 is 13.6 Å². The van der Waals surface area contributed by atoms with E-state index in [1.54, 1.807) is 0 Å². The van der Waals surface area contributed by atoms with Crippen LogP contribution in [0, 0.1) is 23.5 Å². The number of benzene rings is 1. The Kier molecular flexibility index (Phi) is 3.37. The largest absolute Gasteiger partial charge is 0.298 e. The summed E-state index contributed by atoms with van der Waals surface area (Å²) in [6.07, 6.45) is 0.135. The fourth-order valence-corrected chi connectivity index (χ4v) is 1.40. The van der Waals surface area contributed by atoms with Crippen LogP contribution in [-0.2, 0) is 0 Å². The van der Waals surface area contributed by atoms with E-state index in [0.717, 1.165) is 0 Å². The molecule has 0 aromatic heterocycles. The summed E-state index contributed by atoms with van der Waals surface area (Å²) in [5.41, 5.74) is -0.597. The van der Waals surface area contributed by atoms with Gasteiger partial charge in [-0.1, -0.05) is 5.92 Å². The average molecular weight is 259 g/mol. The Bertz CT molecular complexity index is 444. The Balaban J connectivity index is 3.55. The second-order valence-electron chi connectivity index (χ2n) is 2.44. The van der Waals surface area contributed by atoms with Gasteiger partial charge in [0.25, 0.3) is 0 Å². The summed E-state index contributed by atoms with van der Waals surface area (Å²) >= 11 is 2.87. The second kappa shape index (κ2) is 4.34. The molecule has 0 aliphatic heterocycles. The number of halogens is 3. The first kappa shape index (κ1) is 10.9. The van der Waals surface area contributed by atoms with E-state index in [2.05, 4.69) is 27.8 Å². The lowest BCUT2D eigenvalue weighted by Crippen LogP contribution is -1.98. The van der Waals surface area contributed by atoms with Crippen LogP contribution in [0.4, 0.5) is 8.78 Å². The van der Waals surface area contributed by atoms with Gasteiger partial charge in [0.2, 0.25) is 0 Å². The van der Waals surface area contributed by atoms with E-state index in [1.807, 2.05) is 0 Å². The summed E-state index contributed by atoms with van der Waals surface area (Å²) in [6.45, 7) is 1.53. The molecule has 0 N–H and O–H groups in total. The van der Waals surface area contributed by atoms with Crippen molar-refractivity contribution in [1.29, 1.82) is 0 Å². The fourth-order valence-electron chi connectivity index (χ4n) is 0.953. The monoisotopic (exact) mass is 258 g/mol. The molecule has 0 atom stereocenters. The molecule has 0 spiro atoms. The van der Waals surface area contributed by atoms with Gasteiger partial charge in [-0.15, -0.1) is 5.92 Å². The fraction of sp³-hybridized carbons (Fsp3) is 0.100. The zero-order chi connectivity index (χ0) is 10.7. The van der Waals surface area contributed by atoms with Gasteiger partial charge in [0, 0.05) is 0 Å². The van der Waals surface area contributed by atoms with Gasteiger partial charge in [-0.05, 0) is 28.9 Å². The molecule has 0 fully saturated rings. The molecule has 0 amide bonds. The summed E-state index contributed by atoms with van der Waals surface area (Å²) in [4.78, 5) is 10.4. The number of hydrogen-bond donors (Lipinski definition) is 0. The Morgan fingerprint density at radius 2 is 2.07 bits per heavy atom. The van der Waals surface area contributed by atoms with Crippen LogP contribution in [0.3, 0.4) is 0 Å². The topological polar surface area (TPSA) is 17.1 Å². The molecule has 0 aliphatic rings. The Morgan fingerprint density at radius 1 is 1.43 bits per heavy atom. The molecule has 1 nitrogen and oxygen atoms in total. The van der Waals surface area contributed by atoms with Crippen molar-refractivity contribution >= 4 is 22.2 Å². The summed E-state index contributed by atoms with van der Waals surface area (Å²) in [5, 5.41) is 0. The summed E-state index contributed by atoms with van der Waals surface area (Å²) in [7, 11) is 0. The van der Waals surface area contributed by atoms with Crippen LogP contribution in [0.1, 0.15) is 22.8 Å². The van der Waals surface area contributed by atoms with E-state index in [9.17, 15) is 13.6 Å². The lowest BCUT2D eigenvalue weighted by Gasteiger charge is -2.02. The zero-order valence-corrected chi connectivity index (χ0v) is 8.78. The van der Waals surface area contributed by atoms with Gasteiger partial charge in [0.1, 0.15) is 0 Å². The Labute approximate surface area is 88.3 Å². The van der Waals surface area contributed by atoms with Crippen LogP contribution < -0.4 is 0 Å². The van der Waals surface area contributed by atoms with Crippen LogP contribution in [0.2, 0.25) is 0 Å². The zero-order valence-electron chi connectivity index (χ0n) is 7.20. The minimum Gasteiger partial charge on any atom is -0.298 e. The number of rotatable bonds is 1. The minimum atomic E-state index is -0.921. The predicted octanol–water partition coefficient (Wildman–Crippen LogP) is 2.91. The maximum Gasteiger partial charge on any atom is 0.156 e. The van der Waals surface area contributed by atoms with Gasteiger partial charge < -0.3 is 0 Å². The molecule has 0 saturated heterocycles. The van der Waals surface area contributed by atoms with Crippen molar-refractivity contribution in [3.05, 3.63) is 33.3 Å². The van der Waals surface area contributed by atoms with Gasteiger partial charge in [0.05, 0.1) is 15.6 Å². The Hall–Kier alpha value is -1.21. The maximum absolute atomic E-state index is 13.3. The van der Waals surface area contributed by atoms with E-state index in [0.29, 0.717) is 0 Å². The predicted molar refractivity (Wildman–Crippen MR) is 52.0 cm³/mol. The molecule has 1 aromatic carbocycles. The third kappa shape index (κ3) is 1.83. The first-order valence-electron chi connectivity index (χ1n) is 3.67. The third-order valence-corrected chi connectivity index (χ3v) is 2.14. The van der Waals surface area contributed by atoms with Crippen molar-refractivity contribution in [2.45, 2.75) is 6.92 Å². The maximum atomic E-state index is 13.3. The van der Waals surface area contributed by atoms with Gasteiger partial charge in [-0.2, -0.15) is 0 Å². The van der Waals surface area contributed by atoms with Gasteiger partial charge in [-0.25, -0.2) is 8.78 Å². The number of carbonyl (C=O) groups is 1. The number of aldehydes is 1. The van der Waals surface area contributed by atoms with Crippen molar-refractivity contribution in [3.8, 4) is 11.8 Å². The van der Waals surface area contributed by atoms with E-state index in [4.69, 9.17) is 0 Å². The van der Waals surface area contributed by atoms with Gasteiger partial charge in [0.15, 0.2) is 17.9 Å². The first-order chi connectivity index (χ1) is 6.61.